The summed E-state index contributed by atoms with van der Waals surface area (Å²) in [4.78, 5) is 23.3. The Morgan fingerprint density at radius 3 is 1.73 bits per heavy atom. The molecule has 0 amide bonds. The van der Waals surface area contributed by atoms with Crippen LogP contribution in [0, 0.1) is 0 Å². The number of esters is 2. The van der Waals surface area contributed by atoms with E-state index in [2.05, 4.69) is 13.5 Å². The van der Waals surface area contributed by atoms with E-state index in [-0.39, 0.29) is 18.6 Å². The van der Waals surface area contributed by atoms with Crippen molar-refractivity contribution in [2.24, 2.45) is 0 Å². The van der Waals surface area contributed by atoms with Crippen LogP contribution in [0.3, 0.4) is 0 Å². The Bertz CT molecular complexity index is 449. The van der Waals surface area contributed by atoms with Gasteiger partial charge in [-0.2, -0.15) is 0 Å². The highest BCUT2D eigenvalue weighted by atomic mass is 16.5. The van der Waals surface area contributed by atoms with Gasteiger partial charge in [0.1, 0.15) is 12.7 Å². The highest BCUT2D eigenvalue weighted by Crippen LogP contribution is 2.13. The molecule has 0 radical (unpaired) electrons. The Morgan fingerprint density at radius 2 is 1.27 bits per heavy atom. The third-order valence-electron chi connectivity index (χ3n) is 5.02. The maximum atomic E-state index is 11.7. The number of aliphatic hydroxyl groups is 2. The Morgan fingerprint density at radius 1 is 0.800 bits per heavy atom. The predicted molar refractivity (Wildman–Crippen MR) is 119 cm³/mol. The van der Waals surface area contributed by atoms with Crippen LogP contribution in [0.15, 0.2) is 12.2 Å². The number of carbonyl (C=O) groups is 2. The lowest BCUT2D eigenvalue weighted by Gasteiger charge is -2.10. The average molecular weight is 429 g/mol. The van der Waals surface area contributed by atoms with Crippen LogP contribution in [0.5, 0.6) is 0 Å². The minimum Gasteiger partial charge on any atom is -0.465 e. The molecule has 0 saturated heterocycles. The van der Waals surface area contributed by atoms with Crippen LogP contribution in [-0.4, -0.2) is 48.1 Å². The molecule has 30 heavy (non-hydrogen) atoms. The standard InChI is InChI=1S/C24H44O6/c1-3-4-5-6-7-8-9-10-11-12-13-14-15-16-17-29-23(27)18-21(2)24(28)30-20-22(26)19-25/h22,25-26H,2-20H2,1H3. The summed E-state index contributed by atoms with van der Waals surface area (Å²) >= 11 is 0. The molecule has 0 bridgehead atoms. The van der Waals surface area contributed by atoms with Gasteiger partial charge in [-0.3, -0.25) is 4.79 Å². The molecule has 0 aliphatic heterocycles. The van der Waals surface area contributed by atoms with Gasteiger partial charge in [0.05, 0.1) is 19.6 Å². The second-order valence-electron chi connectivity index (χ2n) is 8.03. The SMILES string of the molecule is C=C(CC(=O)OCCCCCCCCCCCCCCCC)C(=O)OCC(O)CO. The summed E-state index contributed by atoms with van der Waals surface area (Å²) in [5, 5.41) is 17.8. The number of hydrogen-bond donors (Lipinski definition) is 2. The molecule has 0 saturated carbocycles. The molecule has 176 valence electrons. The van der Waals surface area contributed by atoms with Gasteiger partial charge in [0.2, 0.25) is 0 Å². The van der Waals surface area contributed by atoms with Crippen molar-refractivity contribution in [1.82, 2.24) is 0 Å². The first-order valence-corrected chi connectivity index (χ1v) is 11.8. The first-order valence-electron chi connectivity index (χ1n) is 11.8. The Balaban J connectivity index is 3.42. The van der Waals surface area contributed by atoms with Crippen molar-refractivity contribution >= 4 is 11.9 Å². The molecule has 0 heterocycles. The number of ether oxygens (including phenoxy) is 2. The number of carbonyl (C=O) groups excluding carboxylic acids is 2. The van der Waals surface area contributed by atoms with Gasteiger partial charge in [-0.15, -0.1) is 0 Å². The molecule has 0 aromatic carbocycles. The lowest BCUT2D eigenvalue weighted by Crippen LogP contribution is -2.23. The fraction of sp³-hybridized carbons (Fsp3) is 0.833. The molecule has 6 nitrogen and oxygen atoms in total. The summed E-state index contributed by atoms with van der Waals surface area (Å²) in [6, 6.07) is 0. The van der Waals surface area contributed by atoms with E-state index in [9.17, 15) is 9.59 Å². The van der Waals surface area contributed by atoms with Crippen molar-refractivity contribution in [1.29, 1.82) is 0 Å². The summed E-state index contributed by atoms with van der Waals surface area (Å²) < 4.78 is 9.85. The van der Waals surface area contributed by atoms with Gasteiger partial charge in [-0.25, -0.2) is 4.79 Å². The molecule has 1 atom stereocenters. The van der Waals surface area contributed by atoms with Crippen LogP contribution in [0.1, 0.15) is 103 Å². The van der Waals surface area contributed by atoms with E-state index in [0.717, 1.165) is 19.3 Å². The Kier molecular flexibility index (Phi) is 19.9. The number of hydrogen-bond acceptors (Lipinski definition) is 6. The lowest BCUT2D eigenvalue weighted by molar-refractivity contribution is -0.147. The molecule has 0 spiro atoms. The molecular weight excluding hydrogens is 384 g/mol. The summed E-state index contributed by atoms with van der Waals surface area (Å²) in [6.45, 7) is 5.27. The highest BCUT2D eigenvalue weighted by Gasteiger charge is 2.15. The third-order valence-corrected chi connectivity index (χ3v) is 5.02. The van der Waals surface area contributed by atoms with E-state index in [4.69, 9.17) is 19.7 Å². The van der Waals surface area contributed by atoms with E-state index in [1.807, 2.05) is 0 Å². The van der Waals surface area contributed by atoms with Crippen molar-refractivity contribution < 1.29 is 29.3 Å². The number of unbranched alkanes of at least 4 members (excludes halogenated alkanes) is 13. The average Bonchev–Trinajstić information content (AvgIpc) is 2.74. The van der Waals surface area contributed by atoms with Crippen LogP contribution >= 0.6 is 0 Å². The highest BCUT2D eigenvalue weighted by molar-refractivity contribution is 5.93. The van der Waals surface area contributed by atoms with E-state index in [1.165, 1.54) is 70.6 Å². The molecule has 0 rings (SSSR count). The first-order chi connectivity index (χ1) is 14.5. The van der Waals surface area contributed by atoms with Gasteiger partial charge in [-0.05, 0) is 6.42 Å². The number of aliphatic hydroxyl groups excluding tert-OH is 2. The van der Waals surface area contributed by atoms with Gasteiger partial charge >= 0.3 is 11.9 Å². The van der Waals surface area contributed by atoms with E-state index >= 15 is 0 Å². The third kappa shape index (κ3) is 18.6. The number of rotatable bonds is 21. The Labute approximate surface area is 183 Å². The zero-order chi connectivity index (χ0) is 22.5. The van der Waals surface area contributed by atoms with Crippen molar-refractivity contribution in [3.8, 4) is 0 Å². The van der Waals surface area contributed by atoms with Crippen LogP contribution < -0.4 is 0 Å². The van der Waals surface area contributed by atoms with Crippen LogP contribution in [0.4, 0.5) is 0 Å². The lowest BCUT2D eigenvalue weighted by atomic mass is 10.0. The van der Waals surface area contributed by atoms with Gasteiger partial charge in [0.25, 0.3) is 0 Å². The van der Waals surface area contributed by atoms with E-state index in [1.54, 1.807) is 0 Å². The van der Waals surface area contributed by atoms with Gasteiger partial charge in [-0.1, -0.05) is 97.0 Å². The van der Waals surface area contributed by atoms with Crippen molar-refractivity contribution in [3.05, 3.63) is 12.2 Å². The summed E-state index contributed by atoms with van der Waals surface area (Å²) in [5.74, 6) is -1.27. The normalized spacial score (nSPS) is 11.8. The largest absolute Gasteiger partial charge is 0.465 e. The van der Waals surface area contributed by atoms with Crippen LogP contribution in [-0.2, 0) is 19.1 Å². The quantitative estimate of drug-likeness (QED) is 0.154. The van der Waals surface area contributed by atoms with Crippen LogP contribution in [0.2, 0.25) is 0 Å². The molecule has 6 heteroatoms. The fourth-order valence-corrected chi connectivity index (χ4v) is 3.11. The second-order valence-corrected chi connectivity index (χ2v) is 8.03. The molecule has 0 fully saturated rings. The molecule has 1 unspecified atom stereocenters. The fourth-order valence-electron chi connectivity index (χ4n) is 3.11. The predicted octanol–water partition coefficient (Wildman–Crippen LogP) is 4.85. The van der Waals surface area contributed by atoms with Gasteiger partial charge in [0, 0.05) is 5.57 Å². The van der Waals surface area contributed by atoms with Crippen molar-refractivity contribution in [2.75, 3.05) is 19.8 Å². The Hall–Kier alpha value is -1.40. The van der Waals surface area contributed by atoms with Gasteiger partial charge < -0.3 is 19.7 Å². The molecule has 0 aromatic rings. The van der Waals surface area contributed by atoms with Crippen LogP contribution in [0.25, 0.3) is 0 Å². The van der Waals surface area contributed by atoms with E-state index < -0.39 is 24.6 Å². The smallest absolute Gasteiger partial charge is 0.334 e. The maximum absolute atomic E-state index is 11.7. The summed E-state index contributed by atoms with van der Waals surface area (Å²) in [7, 11) is 0. The topological polar surface area (TPSA) is 93.1 Å². The molecule has 0 aliphatic rings. The summed E-state index contributed by atoms with van der Waals surface area (Å²) in [6.07, 6.45) is 16.4. The van der Waals surface area contributed by atoms with Crippen molar-refractivity contribution in [3.63, 3.8) is 0 Å². The monoisotopic (exact) mass is 428 g/mol. The molecular formula is C24H44O6. The molecule has 0 aliphatic carbocycles. The van der Waals surface area contributed by atoms with Crippen molar-refractivity contribution in [2.45, 2.75) is 109 Å². The van der Waals surface area contributed by atoms with Gasteiger partial charge in [0.15, 0.2) is 0 Å². The first kappa shape index (κ1) is 28.6. The summed E-state index contributed by atoms with van der Waals surface area (Å²) in [5.41, 5.74) is -0.0221. The minimum absolute atomic E-state index is 0.0221. The van der Waals surface area contributed by atoms with E-state index in [0.29, 0.717) is 6.61 Å². The molecule has 0 aromatic heterocycles. The zero-order valence-corrected chi connectivity index (χ0v) is 19.0. The second kappa shape index (κ2) is 20.9. The minimum atomic E-state index is -1.13. The zero-order valence-electron chi connectivity index (χ0n) is 19.0. The molecule has 2 N–H and O–H groups in total. The maximum Gasteiger partial charge on any atom is 0.334 e.